The van der Waals surface area contributed by atoms with E-state index in [1.54, 1.807) is 47.4 Å². The van der Waals surface area contributed by atoms with Crippen LogP contribution in [0.25, 0.3) is 0 Å². The summed E-state index contributed by atoms with van der Waals surface area (Å²) < 4.78 is 14.8. The number of carbonyl (C=O) groups excluding carboxylic acids is 2. The summed E-state index contributed by atoms with van der Waals surface area (Å²) in [6, 6.07) is 18.0. The second-order valence-electron chi connectivity index (χ2n) is 7.46. The van der Waals surface area contributed by atoms with Gasteiger partial charge in [-0.15, -0.1) is 0 Å². The lowest BCUT2D eigenvalue weighted by Crippen LogP contribution is -2.13. The third-order valence-electron chi connectivity index (χ3n) is 5.07. The molecule has 0 spiro atoms. The fourth-order valence-corrected chi connectivity index (χ4v) is 3.38. The highest BCUT2D eigenvalue weighted by Gasteiger charge is 2.12. The summed E-state index contributed by atoms with van der Waals surface area (Å²) in [4.78, 5) is 29.0. The smallest absolute Gasteiger partial charge is 0.275 e. The van der Waals surface area contributed by atoms with Gasteiger partial charge in [-0.25, -0.2) is 9.37 Å². The highest BCUT2D eigenvalue weighted by atomic mass is 35.5. The van der Waals surface area contributed by atoms with Crippen molar-refractivity contribution in [3.05, 3.63) is 112 Å². The Labute approximate surface area is 195 Å². The van der Waals surface area contributed by atoms with Gasteiger partial charge in [0.2, 0.25) is 0 Å². The van der Waals surface area contributed by atoms with Crippen LogP contribution < -0.4 is 10.6 Å². The number of nitrogens with zero attached hydrogens (tertiary/aromatic N) is 2. The van der Waals surface area contributed by atoms with Crippen LogP contribution >= 0.6 is 11.6 Å². The molecule has 6 nitrogen and oxygen atoms in total. The zero-order valence-electron chi connectivity index (χ0n) is 17.7. The first kappa shape index (κ1) is 22.2. The number of amides is 2. The Balaban J connectivity index is 1.37. The lowest BCUT2D eigenvalue weighted by Gasteiger charge is -2.08. The maximum Gasteiger partial charge on any atom is 0.275 e. The summed E-state index contributed by atoms with van der Waals surface area (Å²) in [5.74, 6) is -1.03. The van der Waals surface area contributed by atoms with Crippen LogP contribution in [0.1, 0.15) is 32.0 Å². The molecule has 0 unspecified atom stereocenters. The third kappa shape index (κ3) is 5.45. The van der Waals surface area contributed by atoms with Gasteiger partial charge in [-0.1, -0.05) is 29.8 Å². The minimum Gasteiger partial charge on any atom is -0.332 e. The van der Waals surface area contributed by atoms with Gasteiger partial charge in [0, 0.05) is 34.7 Å². The Bertz CT molecular complexity index is 1300. The van der Waals surface area contributed by atoms with Crippen LogP contribution in [0.3, 0.4) is 0 Å². The van der Waals surface area contributed by atoms with Gasteiger partial charge in [-0.2, -0.15) is 0 Å². The maximum absolute atomic E-state index is 13.0. The van der Waals surface area contributed by atoms with Crippen LogP contribution in [0.15, 0.2) is 79.3 Å². The van der Waals surface area contributed by atoms with Gasteiger partial charge in [-0.3, -0.25) is 9.59 Å². The van der Waals surface area contributed by atoms with Crippen molar-refractivity contribution in [2.45, 2.75) is 13.5 Å². The molecule has 4 aromatic rings. The standard InChI is InChI=1S/C25H20ClFN4O2/c1-16-21(26)3-2-4-22(16)30-25(33)23-14-31(15-28-23)13-17-5-11-20(12-6-17)29-24(32)18-7-9-19(27)10-8-18/h2-12,14-15H,13H2,1H3,(H,29,32)(H,30,33). The van der Waals surface area contributed by atoms with Gasteiger partial charge >= 0.3 is 0 Å². The summed E-state index contributed by atoms with van der Waals surface area (Å²) >= 11 is 6.11. The first-order chi connectivity index (χ1) is 15.9. The molecule has 0 aliphatic heterocycles. The van der Waals surface area contributed by atoms with Crippen molar-refractivity contribution in [1.29, 1.82) is 0 Å². The topological polar surface area (TPSA) is 76.0 Å². The van der Waals surface area contributed by atoms with E-state index in [1.165, 1.54) is 24.3 Å². The highest BCUT2D eigenvalue weighted by molar-refractivity contribution is 6.31. The van der Waals surface area contributed by atoms with Gasteiger partial charge in [-0.05, 0) is 66.6 Å². The summed E-state index contributed by atoms with van der Waals surface area (Å²) in [5, 5.41) is 6.18. The number of rotatable bonds is 6. The average Bonchev–Trinajstić information content (AvgIpc) is 3.27. The fourth-order valence-electron chi connectivity index (χ4n) is 3.20. The number of benzene rings is 3. The number of imidazole rings is 1. The van der Waals surface area contributed by atoms with Gasteiger partial charge < -0.3 is 15.2 Å². The highest BCUT2D eigenvalue weighted by Crippen LogP contribution is 2.23. The summed E-state index contributed by atoms with van der Waals surface area (Å²) in [5.41, 5.74) is 3.68. The van der Waals surface area contributed by atoms with Crippen LogP contribution in [0.4, 0.5) is 15.8 Å². The Morgan fingerprint density at radius 1 is 0.970 bits per heavy atom. The van der Waals surface area contributed by atoms with Gasteiger partial charge in [0.15, 0.2) is 0 Å². The molecule has 0 aliphatic carbocycles. The van der Waals surface area contributed by atoms with Crippen LogP contribution in [0.2, 0.25) is 5.02 Å². The lowest BCUT2D eigenvalue weighted by molar-refractivity contribution is 0.101. The molecule has 0 bridgehead atoms. The van der Waals surface area contributed by atoms with Gasteiger partial charge in [0.25, 0.3) is 11.8 Å². The summed E-state index contributed by atoms with van der Waals surface area (Å²) in [6.07, 6.45) is 3.25. The van der Waals surface area contributed by atoms with Crippen LogP contribution in [0, 0.1) is 12.7 Å². The summed E-state index contributed by atoms with van der Waals surface area (Å²) in [6.45, 7) is 2.34. The normalized spacial score (nSPS) is 10.6. The van der Waals surface area contributed by atoms with Crippen molar-refractivity contribution in [2.24, 2.45) is 0 Å². The van der Waals surface area contributed by atoms with Crippen molar-refractivity contribution < 1.29 is 14.0 Å². The molecule has 1 heterocycles. The molecule has 2 N–H and O–H groups in total. The van der Waals surface area contributed by atoms with E-state index in [-0.39, 0.29) is 17.5 Å². The molecule has 166 valence electrons. The number of anilines is 2. The number of hydrogen-bond acceptors (Lipinski definition) is 3. The molecule has 2 amide bonds. The monoisotopic (exact) mass is 462 g/mol. The fraction of sp³-hybridized carbons (Fsp3) is 0.0800. The van der Waals surface area contributed by atoms with Gasteiger partial charge in [0.1, 0.15) is 11.5 Å². The minimum absolute atomic E-state index is 0.289. The van der Waals surface area contributed by atoms with E-state index in [4.69, 9.17) is 11.6 Å². The quantitative estimate of drug-likeness (QED) is 0.395. The lowest BCUT2D eigenvalue weighted by atomic mass is 10.1. The van der Waals surface area contributed by atoms with E-state index in [2.05, 4.69) is 15.6 Å². The molecule has 3 aromatic carbocycles. The van der Waals surface area contributed by atoms with E-state index in [1.807, 2.05) is 19.1 Å². The first-order valence-electron chi connectivity index (χ1n) is 10.1. The Morgan fingerprint density at radius 2 is 1.70 bits per heavy atom. The summed E-state index contributed by atoms with van der Waals surface area (Å²) in [7, 11) is 0. The van der Waals surface area contributed by atoms with Crippen LogP contribution in [-0.2, 0) is 6.54 Å². The van der Waals surface area contributed by atoms with Gasteiger partial charge in [0.05, 0.1) is 6.33 Å². The van der Waals surface area contributed by atoms with Crippen molar-refractivity contribution in [3.63, 3.8) is 0 Å². The maximum atomic E-state index is 13.0. The molecule has 33 heavy (non-hydrogen) atoms. The Kier molecular flexibility index (Phi) is 6.51. The molecule has 0 radical (unpaired) electrons. The Morgan fingerprint density at radius 3 is 2.42 bits per heavy atom. The van der Waals surface area contributed by atoms with E-state index in [0.29, 0.717) is 28.5 Å². The number of nitrogens with one attached hydrogen (secondary N) is 2. The average molecular weight is 463 g/mol. The molecule has 0 atom stereocenters. The number of aromatic nitrogens is 2. The predicted octanol–water partition coefficient (Wildman–Crippen LogP) is 5.54. The van der Waals surface area contributed by atoms with Crippen molar-refractivity contribution >= 4 is 34.8 Å². The Hall–Kier alpha value is -3.97. The number of carbonyl (C=O) groups is 2. The molecule has 4 rings (SSSR count). The molecule has 0 aliphatic rings. The third-order valence-corrected chi connectivity index (χ3v) is 5.47. The van der Waals surface area contributed by atoms with E-state index >= 15 is 0 Å². The molecule has 0 saturated heterocycles. The second kappa shape index (κ2) is 9.67. The van der Waals surface area contributed by atoms with Crippen molar-refractivity contribution in [2.75, 3.05) is 10.6 Å². The zero-order chi connectivity index (χ0) is 23.4. The second-order valence-corrected chi connectivity index (χ2v) is 7.86. The number of halogens is 2. The largest absolute Gasteiger partial charge is 0.332 e. The van der Waals surface area contributed by atoms with E-state index in [9.17, 15) is 14.0 Å². The SMILES string of the molecule is Cc1c(Cl)cccc1NC(=O)c1cn(Cc2ccc(NC(=O)c3ccc(F)cc3)cc2)cn1. The first-order valence-corrected chi connectivity index (χ1v) is 10.5. The van der Waals surface area contributed by atoms with E-state index < -0.39 is 5.82 Å². The molecular formula is C25H20ClFN4O2. The van der Waals surface area contributed by atoms with Crippen LogP contribution in [-0.4, -0.2) is 21.4 Å². The molecule has 0 fully saturated rings. The zero-order valence-corrected chi connectivity index (χ0v) is 18.4. The molecule has 8 heteroatoms. The van der Waals surface area contributed by atoms with Crippen LogP contribution in [0.5, 0.6) is 0 Å². The molecule has 0 saturated carbocycles. The minimum atomic E-state index is -0.393. The van der Waals surface area contributed by atoms with E-state index in [0.717, 1.165) is 11.1 Å². The molecule has 1 aromatic heterocycles. The number of hydrogen-bond donors (Lipinski definition) is 2. The van der Waals surface area contributed by atoms with Crippen molar-refractivity contribution in [1.82, 2.24) is 9.55 Å². The van der Waals surface area contributed by atoms with Crippen molar-refractivity contribution in [3.8, 4) is 0 Å². The molecular weight excluding hydrogens is 443 g/mol. The predicted molar refractivity (Wildman–Crippen MR) is 126 cm³/mol.